The summed E-state index contributed by atoms with van der Waals surface area (Å²) in [6.07, 6.45) is 0.883. The summed E-state index contributed by atoms with van der Waals surface area (Å²) >= 11 is 0. The van der Waals surface area contributed by atoms with Crippen molar-refractivity contribution in [1.82, 2.24) is 24.9 Å². The van der Waals surface area contributed by atoms with Crippen LogP contribution in [0.2, 0.25) is 0 Å². The lowest BCUT2D eigenvalue weighted by atomic mass is 10.1. The number of carbonyl (C=O) groups is 3. The van der Waals surface area contributed by atoms with Gasteiger partial charge in [-0.25, -0.2) is 14.0 Å². The maximum Gasteiger partial charge on any atom is 0.410 e. The summed E-state index contributed by atoms with van der Waals surface area (Å²) < 4.78 is 22.7. The van der Waals surface area contributed by atoms with Crippen LogP contribution in [-0.2, 0) is 16.6 Å². The molecule has 1 N–H and O–H groups in total. The first-order valence-corrected chi connectivity index (χ1v) is 13.2. The van der Waals surface area contributed by atoms with E-state index in [1.807, 2.05) is 25.7 Å². The predicted octanol–water partition coefficient (Wildman–Crippen LogP) is 2.54. The number of hydrogen-bond acceptors (Lipinski definition) is 7. The molecule has 0 radical (unpaired) electrons. The molecule has 206 valence electrons. The number of nitrogens with one attached hydrogen (secondary N) is 1. The van der Waals surface area contributed by atoms with Crippen LogP contribution in [0.25, 0.3) is 10.9 Å². The summed E-state index contributed by atoms with van der Waals surface area (Å²) in [5.74, 6) is 0.0546. The molecule has 3 fully saturated rings. The molecule has 0 spiro atoms. The molecule has 1 atom stereocenters. The van der Waals surface area contributed by atoms with E-state index in [0.717, 1.165) is 26.1 Å². The number of aryl methyl sites for hydroxylation is 1. The van der Waals surface area contributed by atoms with Gasteiger partial charge in [0.2, 0.25) is 5.91 Å². The number of imide groups is 1. The van der Waals surface area contributed by atoms with E-state index in [-0.39, 0.29) is 30.8 Å². The second-order valence-corrected chi connectivity index (χ2v) is 11.4. The summed E-state index contributed by atoms with van der Waals surface area (Å²) in [5, 5.41) is 7.24. The van der Waals surface area contributed by atoms with Crippen LogP contribution in [0, 0.1) is 11.7 Å². The highest BCUT2D eigenvalue weighted by atomic mass is 19.1. The van der Waals surface area contributed by atoms with Crippen LogP contribution in [0.1, 0.15) is 33.6 Å². The van der Waals surface area contributed by atoms with Gasteiger partial charge in [0, 0.05) is 71.2 Å². The lowest BCUT2D eigenvalue weighted by molar-refractivity contribution is -0.120. The first-order valence-electron chi connectivity index (χ1n) is 13.2. The number of piperazine rings is 1. The van der Waals surface area contributed by atoms with Crippen LogP contribution in [0.5, 0.6) is 0 Å². The Labute approximate surface area is 221 Å². The molecule has 3 aliphatic rings. The largest absolute Gasteiger partial charge is 0.444 e. The summed E-state index contributed by atoms with van der Waals surface area (Å²) in [6, 6.07) is 3.01. The second kappa shape index (κ2) is 10.0. The molecule has 1 aromatic carbocycles. The number of ether oxygens (including phenoxy) is 1. The van der Waals surface area contributed by atoms with Gasteiger partial charge in [0.25, 0.3) is 0 Å². The van der Waals surface area contributed by atoms with Crippen LogP contribution in [0.4, 0.5) is 25.5 Å². The molecule has 0 aliphatic carbocycles. The number of benzene rings is 1. The Balaban J connectivity index is 1.21. The number of urea groups is 1. The minimum atomic E-state index is -0.543. The van der Waals surface area contributed by atoms with Gasteiger partial charge in [0.15, 0.2) is 11.6 Å². The van der Waals surface area contributed by atoms with Gasteiger partial charge in [0.1, 0.15) is 11.1 Å². The Kier molecular flexibility index (Phi) is 6.93. The van der Waals surface area contributed by atoms with E-state index in [2.05, 4.69) is 15.3 Å². The van der Waals surface area contributed by atoms with Crippen LogP contribution in [-0.4, -0.2) is 95.6 Å². The Hall–Kier alpha value is -3.41. The van der Waals surface area contributed by atoms with E-state index >= 15 is 4.39 Å². The monoisotopic (exact) mass is 529 g/mol. The van der Waals surface area contributed by atoms with Gasteiger partial charge in [-0.2, -0.15) is 5.10 Å². The highest BCUT2D eigenvalue weighted by molar-refractivity contribution is 6.09. The van der Waals surface area contributed by atoms with Crippen LogP contribution in [0.15, 0.2) is 12.1 Å². The zero-order valence-corrected chi connectivity index (χ0v) is 22.5. The van der Waals surface area contributed by atoms with Gasteiger partial charge in [-0.3, -0.25) is 24.6 Å². The molecule has 1 aromatic heterocycles. The summed E-state index contributed by atoms with van der Waals surface area (Å²) in [4.78, 5) is 43.8. The summed E-state index contributed by atoms with van der Waals surface area (Å²) in [6.45, 7) is 11.1. The van der Waals surface area contributed by atoms with Gasteiger partial charge in [-0.15, -0.1) is 0 Å². The first-order chi connectivity index (χ1) is 18.0. The SMILES string of the molecule is Cn1nc(N2CCC(=O)NC2=O)c2ccc(N3CCN(CC4CCN(C(=O)OC(C)(C)C)C4)CC3)c(F)c21. The molecule has 38 heavy (non-hydrogen) atoms. The smallest absolute Gasteiger partial charge is 0.410 e. The number of halogens is 1. The fourth-order valence-corrected chi connectivity index (χ4v) is 5.52. The third-order valence-corrected chi connectivity index (χ3v) is 7.38. The van der Waals surface area contributed by atoms with E-state index in [1.165, 1.54) is 9.58 Å². The third-order valence-electron chi connectivity index (χ3n) is 7.38. The highest BCUT2D eigenvalue weighted by Crippen LogP contribution is 2.34. The number of anilines is 2. The topological polar surface area (TPSA) is 103 Å². The molecular formula is C26H36FN7O4. The van der Waals surface area contributed by atoms with E-state index in [4.69, 9.17) is 4.74 Å². The molecule has 2 aromatic rings. The Bertz CT molecular complexity index is 1250. The molecule has 3 saturated heterocycles. The zero-order valence-electron chi connectivity index (χ0n) is 22.5. The normalized spacial score (nSPS) is 21.4. The predicted molar refractivity (Wildman–Crippen MR) is 141 cm³/mol. The Morgan fingerprint density at radius 2 is 1.87 bits per heavy atom. The molecule has 4 heterocycles. The lowest BCUT2D eigenvalue weighted by Gasteiger charge is -2.37. The standard InChI is InChI=1S/C26H36FN7O4/c1-26(2,3)38-25(37)33-9-7-17(16-33)15-31-11-13-32(14-12-31)19-6-5-18-22(21(19)27)30(4)29-23(18)34-10-8-20(35)28-24(34)36/h5-6,17H,7-16H2,1-4H3,(H,28,35,36). The van der Waals surface area contributed by atoms with Crippen molar-refractivity contribution >= 4 is 40.4 Å². The number of rotatable bonds is 4. The van der Waals surface area contributed by atoms with E-state index in [9.17, 15) is 14.4 Å². The van der Waals surface area contributed by atoms with Crippen molar-refractivity contribution in [2.24, 2.45) is 13.0 Å². The van der Waals surface area contributed by atoms with Crippen LogP contribution in [0.3, 0.4) is 0 Å². The fourth-order valence-electron chi connectivity index (χ4n) is 5.52. The molecule has 5 rings (SSSR count). The lowest BCUT2D eigenvalue weighted by Crippen LogP contribution is -2.49. The van der Waals surface area contributed by atoms with E-state index in [1.54, 1.807) is 24.1 Å². The Morgan fingerprint density at radius 1 is 1.13 bits per heavy atom. The zero-order chi connectivity index (χ0) is 27.2. The van der Waals surface area contributed by atoms with Gasteiger partial charge in [0.05, 0.1) is 5.69 Å². The minimum absolute atomic E-state index is 0.175. The van der Waals surface area contributed by atoms with Crippen molar-refractivity contribution in [2.45, 2.75) is 39.2 Å². The summed E-state index contributed by atoms with van der Waals surface area (Å²) in [5.41, 5.74) is 0.350. The van der Waals surface area contributed by atoms with Crippen molar-refractivity contribution in [2.75, 3.05) is 62.2 Å². The number of amides is 4. The van der Waals surface area contributed by atoms with E-state index in [0.29, 0.717) is 54.5 Å². The van der Waals surface area contributed by atoms with Crippen molar-refractivity contribution in [3.05, 3.63) is 17.9 Å². The van der Waals surface area contributed by atoms with Gasteiger partial charge in [-0.05, 0) is 45.2 Å². The van der Waals surface area contributed by atoms with Crippen molar-refractivity contribution in [1.29, 1.82) is 0 Å². The van der Waals surface area contributed by atoms with Gasteiger partial charge < -0.3 is 14.5 Å². The van der Waals surface area contributed by atoms with Crippen LogP contribution >= 0.6 is 0 Å². The van der Waals surface area contributed by atoms with Gasteiger partial charge in [-0.1, -0.05) is 0 Å². The number of likely N-dealkylation sites (tertiary alicyclic amines) is 1. The van der Waals surface area contributed by atoms with Crippen LogP contribution < -0.4 is 15.1 Å². The number of nitrogens with zero attached hydrogens (tertiary/aromatic N) is 6. The fraction of sp³-hybridized carbons (Fsp3) is 0.615. The molecule has 0 bridgehead atoms. The maximum absolute atomic E-state index is 15.8. The highest BCUT2D eigenvalue weighted by Gasteiger charge is 2.33. The molecule has 12 heteroatoms. The quantitative estimate of drug-likeness (QED) is 0.649. The number of hydrogen-bond donors (Lipinski definition) is 1. The molecule has 4 amide bonds. The Morgan fingerprint density at radius 3 is 2.55 bits per heavy atom. The third kappa shape index (κ3) is 5.27. The maximum atomic E-state index is 15.8. The average Bonchev–Trinajstić information content (AvgIpc) is 3.44. The average molecular weight is 530 g/mol. The van der Waals surface area contributed by atoms with Crippen molar-refractivity contribution < 1.29 is 23.5 Å². The number of fused-ring (bicyclic) bond motifs is 1. The van der Waals surface area contributed by atoms with Crippen molar-refractivity contribution in [3.8, 4) is 0 Å². The molecule has 0 saturated carbocycles. The first kappa shape index (κ1) is 26.2. The number of carbonyl (C=O) groups excluding carboxylic acids is 3. The molecule has 11 nitrogen and oxygen atoms in total. The summed E-state index contributed by atoms with van der Waals surface area (Å²) in [7, 11) is 1.66. The van der Waals surface area contributed by atoms with E-state index < -0.39 is 11.6 Å². The minimum Gasteiger partial charge on any atom is -0.444 e. The number of aromatic nitrogens is 2. The molecular weight excluding hydrogens is 493 g/mol. The van der Waals surface area contributed by atoms with Crippen molar-refractivity contribution in [3.63, 3.8) is 0 Å². The molecule has 3 aliphatic heterocycles. The second-order valence-electron chi connectivity index (χ2n) is 11.4. The van der Waals surface area contributed by atoms with Gasteiger partial charge >= 0.3 is 12.1 Å². The molecule has 1 unspecified atom stereocenters.